The summed E-state index contributed by atoms with van der Waals surface area (Å²) in [5.74, 6) is 1.67. The van der Waals surface area contributed by atoms with Crippen LogP contribution in [0, 0.1) is 6.92 Å². The first-order chi connectivity index (χ1) is 9.58. The Morgan fingerprint density at radius 2 is 2.10 bits per heavy atom. The molecule has 1 aromatic heterocycles. The molecule has 106 valence electrons. The highest BCUT2D eigenvalue weighted by molar-refractivity contribution is 6.29. The van der Waals surface area contributed by atoms with Gasteiger partial charge in [-0.25, -0.2) is 4.98 Å². The molecule has 20 heavy (non-hydrogen) atoms. The van der Waals surface area contributed by atoms with E-state index in [-0.39, 0.29) is 5.95 Å². The summed E-state index contributed by atoms with van der Waals surface area (Å²) in [6, 6.07) is 7.76. The Hall–Kier alpha value is -2.01. The fourth-order valence-electron chi connectivity index (χ4n) is 1.95. The average Bonchev–Trinajstić information content (AvgIpc) is 2.38. The first kappa shape index (κ1) is 14.4. The topological polar surface area (TPSA) is 73.1 Å². The second kappa shape index (κ2) is 6.43. The van der Waals surface area contributed by atoms with Crippen molar-refractivity contribution in [2.75, 3.05) is 24.7 Å². The van der Waals surface area contributed by atoms with Gasteiger partial charge in [0.05, 0.1) is 7.11 Å². The molecule has 0 radical (unpaired) electrons. The Kier molecular flexibility index (Phi) is 4.63. The van der Waals surface area contributed by atoms with E-state index in [0.717, 1.165) is 17.7 Å². The third-order valence-electron chi connectivity index (χ3n) is 2.85. The van der Waals surface area contributed by atoms with Gasteiger partial charge in [-0.1, -0.05) is 29.3 Å². The van der Waals surface area contributed by atoms with E-state index in [2.05, 4.69) is 28.3 Å². The minimum atomic E-state index is 0.160. The fourth-order valence-corrected chi connectivity index (χ4v) is 2.14. The molecule has 0 aliphatic rings. The summed E-state index contributed by atoms with van der Waals surface area (Å²) in [6.45, 7) is 2.76. The predicted molar refractivity (Wildman–Crippen MR) is 81.4 cm³/mol. The highest BCUT2D eigenvalue weighted by atomic mass is 35.5. The quantitative estimate of drug-likeness (QED) is 0.829. The van der Waals surface area contributed by atoms with Gasteiger partial charge in [0, 0.05) is 12.6 Å². The minimum absolute atomic E-state index is 0.160. The molecule has 1 aromatic carbocycles. The number of rotatable bonds is 5. The van der Waals surface area contributed by atoms with E-state index < -0.39 is 0 Å². The number of benzene rings is 1. The SMILES string of the molecule is COc1ccc(C)cc1CCNc1cc(Cl)nc(N)n1. The Bertz CT molecular complexity index is 583. The third kappa shape index (κ3) is 3.74. The Morgan fingerprint density at radius 3 is 2.80 bits per heavy atom. The summed E-state index contributed by atoms with van der Waals surface area (Å²) in [7, 11) is 1.67. The van der Waals surface area contributed by atoms with Crippen molar-refractivity contribution in [2.24, 2.45) is 0 Å². The lowest BCUT2D eigenvalue weighted by atomic mass is 10.1. The van der Waals surface area contributed by atoms with Crippen LogP contribution in [0.3, 0.4) is 0 Å². The standard InChI is InChI=1S/C14H17ClN4O/c1-9-3-4-11(20-2)10(7-9)5-6-17-13-8-12(15)18-14(16)19-13/h3-4,7-8H,5-6H2,1-2H3,(H3,16,17,18,19). The zero-order chi connectivity index (χ0) is 14.5. The average molecular weight is 293 g/mol. The maximum Gasteiger partial charge on any atom is 0.223 e. The zero-order valence-electron chi connectivity index (χ0n) is 11.5. The van der Waals surface area contributed by atoms with E-state index >= 15 is 0 Å². The Balaban J connectivity index is 2.00. The minimum Gasteiger partial charge on any atom is -0.496 e. The smallest absolute Gasteiger partial charge is 0.223 e. The molecule has 0 atom stereocenters. The number of nitrogens with zero attached hydrogens (tertiary/aromatic N) is 2. The molecule has 0 fully saturated rings. The summed E-state index contributed by atoms with van der Waals surface area (Å²) in [6.07, 6.45) is 0.812. The molecule has 3 N–H and O–H groups in total. The molecule has 0 amide bonds. The molecule has 1 heterocycles. The number of hydrogen-bond donors (Lipinski definition) is 2. The van der Waals surface area contributed by atoms with Crippen LogP contribution in [0.25, 0.3) is 0 Å². The molecular formula is C14H17ClN4O. The van der Waals surface area contributed by atoms with Gasteiger partial charge in [0.1, 0.15) is 16.7 Å². The maximum atomic E-state index is 5.82. The maximum absolute atomic E-state index is 5.82. The van der Waals surface area contributed by atoms with Crippen LogP contribution in [0.1, 0.15) is 11.1 Å². The number of aryl methyl sites for hydroxylation is 1. The first-order valence-corrected chi connectivity index (χ1v) is 6.63. The van der Waals surface area contributed by atoms with Gasteiger partial charge < -0.3 is 15.8 Å². The molecule has 6 heteroatoms. The van der Waals surface area contributed by atoms with Crippen molar-refractivity contribution in [1.29, 1.82) is 0 Å². The van der Waals surface area contributed by atoms with Crippen LogP contribution in [0.2, 0.25) is 5.15 Å². The highest BCUT2D eigenvalue weighted by Crippen LogP contribution is 2.20. The number of aromatic nitrogens is 2. The third-order valence-corrected chi connectivity index (χ3v) is 3.04. The van der Waals surface area contributed by atoms with E-state index in [9.17, 15) is 0 Å². The lowest BCUT2D eigenvalue weighted by Gasteiger charge is -2.10. The molecule has 0 spiro atoms. The van der Waals surface area contributed by atoms with E-state index in [1.54, 1.807) is 13.2 Å². The van der Waals surface area contributed by atoms with Gasteiger partial charge in [-0.2, -0.15) is 4.98 Å². The lowest BCUT2D eigenvalue weighted by Crippen LogP contribution is -2.09. The van der Waals surface area contributed by atoms with E-state index in [1.165, 1.54) is 5.56 Å². The summed E-state index contributed by atoms with van der Waals surface area (Å²) in [5, 5.41) is 3.50. The molecule has 2 rings (SSSR count). The van der Waals surface area contributed by atoms with E-state index in [0.29, 0.717) is 17.5 Å². The summed E-state index contributed by atoms with van der Waals surface area (Å²) >= 11 is 5.82. The Labute approximate surface area is 123 Å². The van der Waals surface area contributed by atoms with Crippen LogP contribution in [-0.4, -0.2) is 23.6 Å². The molecule has 0 unspecified atom stereocenters. The largest absolute Gasteiger partial charge is 0.496 e. The van der Waals surface area contributed by atoms with Crippen molar-refractivity contribution >= 4 is 23.4 Å². The van der Waals surface area contributed by atoms with Gasteiger partial charge in [-0.3, -0.25) is 0 Å². The van der Waals surface area contributed by atoms with Gasteiger partial charge in [0.15, 0.2) is 0 Å². The van der Waals surface area contributed by atoms with Crippen molar-refractivity contribution in [3.63, 3.8) is 0 Å². The monoisotopic (exact) mass is 292 g/mol. The lowest BCUT2D eigenvalue weighted by molar-refractivity contribution is 0.410. The second-order valence-electron chi connectivity index (χ2n) is 4.43. The Morgan fingerprint density at radius 1 is 1.30 bits per heavy atom. The van der Waals surface area contributed by atoms with Gasteiger partial charge in [0.2, 0.25) is 5.95 Å². The number of halogens is 1. The predicted octanol–water partition coefficient (Wildman–Crippen LogP) is 2.68. The van der Waals surface area contributed by atoms with Crippen molar-refractivity contribution in [3.8, 4) is 5.75 Å². The van der Waals surface area contributed by atoms with Crippen molar-refractivity contribution < 1.29 is 4.74 Å². The highest BCUT2D eigenvalue weighted by Gasteiger charge is 2.04. The normalized spacial score (nSPS) is 10.3. The number of hydrogen-bond acceptors (Lipinski definition) is 5. The van der Waals surface area contributed by atoms with E-state index in [4.69, 9.17) is 22.1 Å². The van der Waals surface area contributed by atoms with Crippen LogP contribution in [0.5, 0.6) is 5.75 Å². The van der Waals surface area contributed by atoms with Crippen LogP contribution < -0.4 is 15.8 Å². The molecule has 0 aliphatic heterocycles. The number of methoxy groups -OCH3 is 1. The molecule has 0 saturated carbocycles. The van der Waals surface area contributed by atoms with Crippen LogP contribution in [0.4, 0.5) is 11.8 Å². The second-order valence-corrected chi connectivity index (χ2v) is 4.81. The molecule has 2 aromatic rings. The van der Waals surface area contributed by atoms with Gasteiger partial charge in [-0.15, -0.1) is 0 Å². The molecule has 0 saturated heterocycles. The zero-order valence-corrected chi connectivity index (χ0v) is 12.2. The summed E-state index contributed by atoms with van der Waals surface area (Å²) < 4.78 is 5.35. The van der Waals surface area contributed by atoms with Gasteiger partial charge in [-0.05, 0) is 25.0 Å². The van der Waals surface area contributed by atoms with Crippen LogP contribution >= 0.6 is 11.6 Å². The van der Waals surface area contributed by atoms with Crippen molar-refractivity contribution in [3.05, 3.63) is 40.5 Å². The van der Waals surface area contributed by atoms with Crippen LogP contribution in [0.15, 0.2) is 24.3 Å². The number of ether oxygens (including phenoxy) is 1. The molecule has 5 nitrogen and oxygen atoms in total. The van der Waals surface area contributed by atoms with E-state index in [1.807, 2.05) is 12.1 Å². The summed E-state index contributed by atoms with van der Waals surface area (Å²) in [4.78, 5) is 7.88. The van der Waals surface area contributed by atoms with Crippen molar-refractivity contribution in [2.45, 2.75) is 13.3 Å². The first-order valence-electron chi connectivity index (χ1n) is 6.26. The fraction of sp³-hybridized carbons (Fsp3) is 0.286. The number of nitrogens with two attached hydrogens (primary N) is 1. The number of nitrogen functional groups attached to an aromatic ring is 1. The van der Waals surface area contributed by atoms with Gasteiger partial charge >= 0.3 is 0 Å². The van der Waals surface area contributed by atoms with Gasteiger partial charge in [0.25, 0.3) is 0 Å². The van der Waals surface area contributed by atoms with Crippen LogP contribution in [-0.2, 0) is 6.42 Å². The molecular weight excluding hydrogens is 276 g/mol. The molecule has 0 aliphatic carbocycles. The summed E-state index contributed by atoms with van der Waals surface area (Å²) in [5.41, 5.74) is 7.89. The van der Waals surface area contributed by atoms with Crippen molar-refractivity contribution in [1.82, 2.24) is 9.97 Å². The number of anilines is 2. The molecule has 0 bridgehead atoms. The number of nitrogens with one attached hydrogen (secondary N) is 1.